The molecule has 1 aliphatic heterocycles. The van der Waals surface area contributed by atoms with E-state index in [2.05, 4.69) is 20.6 Å². The Kier molecular flexibility index (Phi) is 4.91. The van der Waals surface area contributed by atoms with Crippen LogP contribution in [-0.4, -0.2) is 43.2 Å². The van der Waals surface area contributed by atoms with Crippen LogP contribution in [-0.2, 0) is 17.8 Å². The SMILES string of the molecule is CNCc1nc(CN2CCCC(OC)C2)cs1. The molecular weight excluding hydrogens is 234 g/mol. The van der Waals surface area contributed by atoms with Crippen molar-refractivity contribution >= 4 is 11.3 Å². The minimum Gasteiger partial charge on any atom is -0.380 e. The van der Waals surface area contributed by atoms with Gasteiger partial charge in [0.1, 0.15) is 5.01 Å². The monoisotopic (exact) mass is 255 g/mol. The Morgan fingerprint density at radius 1 is 1.65 bits per heavy atom. The van der Waals surface area contributed by atoms with Crippen LogP contribution >= 0.6 is 11.3 Å². The van der Waals surface area contributed by atoms with Crippen molar-refractivity contribution in [2.45, 2.75) is 32.0 Å². The summed E-state index contributed by atoms with van der Waals surface area (Å²) in [7, 11) is 3.76. The van der Waals surface area contributed by atoms with E-state index >= 15 is 0 Å². The van der Waals surface area contributed by atoms with E-state index in [9.17, 15) is 0 Å². The lowest BCUT2D eigenvalue weighted by Crippen LogP contribution is -2.38. The van der Waals surface area contributed by atoms with E-state index in [1.54, 1.807) is 11.3 Å². The molecule has 96 valence electrons. The molecule has 0 saturated carbocycles. The number of likely N-dealkylation sites (tertiary alicyclic amines) is 1. The Bertz CT molecular complexity index is 342. The molecule has 0 aromatic carbocycles. The molecule has 1 aliphatic rings. The maximum absolute atomic E-state index is 5.43. The molecule has 4 nitrogen and oxygen atoms in total. The molecule has 0 aliphatic carbocycles. The lowest BCUT2D eigenvalue weighted by Gasteiger charge is -2.31. The summed E-state index contributed by atoms with van der Waals surface area (Å²) in [6.07, 6.45) is 2.82. The molecule has 5 heteroatoms. The first-order valence-electron chi connectivity index (χ1n) is 6.15. The Labute approximate surface area is 107 Å². The number of rotatable bonds is 5. The van der Waals surface area contributed by atoms with Gasteiger partial charge in [0.25, 0.3) is 0 Å². The van der Waals surface area contributed by atoms with Gasteiger partial charge in [-0.05, 0) is 26.4 Å². The molecule has 0 spiro atoms. The van der Waals surface area contributed by atoms with E-state index in [1.165, 1.54) is 30.1 Å². The second-order valence-electron chi connectivity index (χ2n) is 4.50. The number of nitrogens with one attached hydrogen (secondary N) is 1. The number of nitrogens with zero attached hydrogens (tertiary/aromatic N) is 2. The molecule has 1 atom stereocenters. The second-order valence-corrected chi connectivity index (χ2v) is 5.44. The van der Waals surface area contributed by atoms with E-state index in [0.29, 0.717) is 6.10 Å². The van der Waals surface area contributed by atoms with Crippen molar-refractivity contribution in [3.8, 4) is 0 Å². The molecule has 1 unspecified atom stereocenters. The number of piperidine rings is 1. The van der Waals surface area contributed by atoms with E-state index in [-0.39, 0.29) is 0 Å². The highest BCUT2D eigenvalue weighted by atomic mass is 32.1. The molecule has 0 radical (unpaired) electrons. The quantitative estimate of drug-likeness (QED) is 0.864. The predicted molar refractivity (Wildman–Crippen MR) is 70.2 cm³/mol. The molecule has 0 bridgehead atoms. The number of hydrogen-bond donors (Lipinski definition) is 1. The molecule has 1 fully saturated rings. The standard InChI is InChI=1S/C12H21N3OS/c1-13-6-12-14-10(9-17-12)7-15-5-3-4-11(8-15)16-2/h9,11,13H,3-8H2,1-2H3. The van der Waals surface area contributed by atoms with Crippen LogP contribution in [0.3, 0.4) is 0 Å². The second kappa shape index (κ2) is 6.44. The van der Waals surface area contributed by atoms with Crippen molar-refractivity contribution in [2.24, 2.45) is 0 Å². The van der Waals surface area contributed by atoms with Gasteiger partial charge >= 0.3 is 0 Å². The van der Waals surface area contributed by atoms with Crippen LogP contribution in [0.5, 0.6) is 0 Å². The molecule has 2 heterocycles. The van der Waals surface area contributed by atoms with Crippen molar-refractivity contribution < 1.29 is 4.74 Å². The van der Waals surface area contributed by atoms with Crippen LogP contribution in [0.15, 0.2) is 5.38 Å². The first-order valence-corrected chi connectivity index (χ1v) is 7.03. The lowest BCUT2D eigenvalue weighted by atomic mass is 10.1. The zero-order valence-corrected chi connectivity index (χ0v) is 11.4. The fourth-order valence-electron chi connectivity index (χ4n) is 2.23. The molecule has 1 N–H and O–H groups in total. The normalized spacial score (nSPS) is 21.9. The van der Waals surface area contributed by atoms with Gasteiger partial charge in [-0.1, -0.05) is 0 Å². The van der Waals surface area contributed by atoms with E-state index in [1.807, 2.05) is 14.2 Å². The maximum Gasteiger partial charge on any atom is 0.107 e. The van der Waals surface area contributed by atoms with Crippen LogP contribution in [0, 0.1) is 0 Å². The average molecular weight is 255 g/mol. The summed E-state index contributed by atoms with van der Waals surface area (Å²) in [4.78, 5) is 7.06. The highest BCUT2D eigenvalue weighted by Crippen LogP contribution is 2.17. The fourth-order valence-corrected chi connectivity index (χ4v) is 3.03. The topological polar surface area (TPSA) is 37.4 Å². The van der Waals surface area contributed by atoms with Gasteiger partial charge < -0.3 is 10.1 Å². The fraction of sp³-hybridized carbons (Fsp3) is 0.750. The highest BCUT2D eigenvalue weighted by molar-refractivity contribution is 7.09. The van der Waals surface area contributed by atoms with Gasteiger partial charge in [0.05, 0.1) is 11.8 Å². The van der Waals surface area contributed by atoms with Gasteiger partial charge in [0.2, 0.25) is 0 Å². The highest BCUT2D eigenvalue weighted by Gasteiger charge is 2.19. The number of thiazole rings is 1. The third-order valence-corrected chi connectivity index (χ3v) is 4.01. The summed E-state index contributed by atoms with van der Waals surface area (Å²) in [5, 5.41) is 6.47. The molecule has 1 aromatic rings. The van der Waals surface area contributed by atoms with Gasteiger partial charge in [0, 0.05) is 32.1 Å². The molecular formula is C12H21N3OS. The smallest absolute Gasteiger partial charge is 0.107 e. The summed E-state index contributed by atoms with van der Waals surface area (Å²) in [5.74, 6) is 0. The Hall–Kier alpha value is -0.490. The summed E-state index contributed by atoms with van der Waals surface area (Å²) < 4.78 is 5.43. The number of hydrogen-bond acceptors (Lipinski definition) is 5. The zero-order valence-electron chi connectivity index (χ0n) is 10.6. The van der Waals surface area contributed by atoms with Crippen molar-refractivity contribution in [3.63, 3.8) is 0 Å². The molecule has 0 amide bonds. The summed E-state index contributed by atoms with van der Waals surface area (Å²) >= 11 is 1.74. The summed E-state index contributed by atoms with van der Waals surface area (Å²) in [6.45, 7) is 4.03. The van der Waals surface area contributed by atoms with Gasteiger partial charge in [-0.3, -0.25) is 4.90 Å². The Balaban J connectivity index is 1.86. The molecule has 1 saturated heterocycles. The summed E-state index contributed by atoms with van der Waals surface area (Å²) in [5.41, 5.74) is 1.19. The molecule has 1 aromatic heterocycles. The Morgan fingerprint density at radius 2 is 2.53 bits per heavy atom. The average Bonchev–Trinajstić information content (AvgIpc) is 2.77. The van der Waals surface area contributed by atoms with Crippen molar-refractivity contribution in [3.05, 3.63) is 16.1 Å². The minimum absolute atomic E-state index is 0.402. The molecule has 17 heavy (non-hydrogen) atoms. The predicted octanol–water partition coefficient (Wildman–Crippen LogP) is 1.47. The van der Waals surface area contributed by atoms with E-state index < -0.39 is 0 Å². The van der Waals surface area contributed by atoms with Crippen molar-refractivity contribution in [1.29, 1.82) is 0 Å². The van der Waals surface area contributed by atoms with Crippen LogP contribution in [0.2, 0.25) is 0 Å². The van der Waals surface area contributed by atoms with Gasteiger partial charge in [-0.25, -0.2) is 4.98 Å². The van der Waals surface area contributed by atoms with Crippen LogP contribution < -0.4 is 5.32 Å². The maximum atomic E-state index is 5.43. The first-order chi connectivity index (χ1) is 8.31. The van der Waals surface area contributed by atoms with Crippen LogP contribution in [0.25, 0.3) is 0 Å². The number of ether oxygens (including phenoxy) is 1. The van der Waals surface area contributed by atoms with Crippen LogP contribution in [0.4, 0.5) is 0 Å². The van der Waals surface area contributed by atoms with Crippen molar-refractivity contribution in [2.75, 3.05) is 27.2 Å². The summed E-state index contributed by atoms with van der Waals surface area (Å²) in [6, 6.07) is 0. The first kappa shape index (κ1) is 13.0. The minimum atomic E-state index is 0.402. The van der Waals surface area contributed by atoms with E-state index in [4.69, 9.17) is 4.74 Å². The Morgan fingerprint density at radius 3 is 3.29 bits per heavy atom. The third kappa shape index (κ3) is 3.74. The van der Waals surface area contributed by atoms with Gasteiger partial charge in [0.15, 0.2) is 0 Å². The van der Waals surface area contributed by atoms with Gasteiger partial charge in [-0.2, -0.15) is 0 Å². The lowest BCUT2D eigenvalue weighted by molar-refractivity contribution is 0.0282. The van der Waals surface area contributed by atoms with Gasteiger partial charge in [-0.15, -0.1) is 11.3 Å². The zero-order chi connectivity index (χ0) is 12.1. The number of aromatic nitrogens is 1. The van der Waals surface area contributed by atoms with E-state index in [0.717, 1.165) is 19.6 Å². The largest absolute Gasteiger partial charge is 0.380 e. The van der Waals surface area contributed by atoms with Crippen LogP contribution in [0.1, 0.15) is 23.5 Å². The van der Waals surface area contributed by atoms with Crippen molar-refractivity contribution in [1.82, 2.24) is 15.2 Å². The third-order valence-electron chi connectivity index (χ3n) is 3.11. The molecule has 2 rings (SSSR count). The number of methoxy groups -OCH3 is 1.